The molecular weight excluding hydrogens is 322 g/mol. The Bertz CT molecular complexity index is 527. The molecular formula is C15H24ClN3O4. The van der Waals surface area contributed by atoms with Gasteiger partial charge in [0.2, 0.25) is 0 Å². The lowest BCUT2D eigenvalue weighted by Gasteiger charge is -2.26. The van der Waals surface area contributed by atoms with Crippen molar-refractivity contribution in [2.75, 3.05) is 39.4 Å². The zero-order valence-electron chi connectivity index (χ0n) is 13.5. The summed E-state index contributed by atoms with van der Waals surface area (Å²) in [5.74, 6) is -0.323. The Labute approximate surface area is 142 Å². The Morgan fingerprint density at radius 2 is 1.96 bits per heavy atom. The molecule has 130 valence electrons. The van der Waals surface area contributed by atoms with Crippen LogP contribution in [0.4, 0.5) is 4.79 Å². The fraction of sp³-hybridized carbons (Fsp3) is 0.600. The van der Waals surface area contributed by atoms with Gasteiger partial charge in [0.1, 0.15) is 6.61 Å². The van der Waals surface area contributed by atoms with E-state index in [-0.39, 0.29) is 31.1 Å². The van der Waals surface area contributed by atoms with Crippen LogP contribution in [-0.2, 0) is 16.0 Å². The lowest BCUT2D eigenvalue weighted by molar-refractivity contribution is 0.0524. The van der Waals surface area contributed by atoms with E-state index in [2.05, 4.69) is 5.32 Å². The number of carbonyl (C=O) groups excluding carboxylic acids is 2. The molecule has 1 saturated heterocycles. The summed E-state index contributed by atoms with van der Waals surface area (Å²) in [5, 5.41) is 3.19. The molecule has 2 heterocycles. The van der Waals surface area contributed by atoms with Crippen LogP contribution in [0.25, 0.3) is 0 Å². The minimum atomic E-state index is -0.323. The zero-order chi connectivity index (χ0) is 15.9. The molecule has 0 aromatic carbocycles. The molecule has 8 heteroatoms. The van der Waals surface area contributed by atoms with Gasteiger partial charge in [-0.05, 0) is 19.9 Å². The Balaban J connectivity index is 0.00000264. The summed E-state index contributed by atoms with van der Waals surface area (Å²) in [5.41, 5.74) is 1.37. The quantitative estimate of drug-likeness (QED) is 0.817. The van der Waals surface area contributed by atoms with Crippen molar-refractivity contribution in [3.8, 4) is 0 Å². The molecule has 7 nitrogen and oxygen atoms in total. The summed E-state index contributed by atoms with van der Waals surface area (Å²) in [6.07, 6.45) is 1.53. The van der Waals surface area contributed by atoms with E-state index in [1.54, 1.807) is 24.1 Å². The lowest BCUT2D eigenvalue weighted by atomic mass is 10.2. The maximum absolute atomic E-state index is 11.9. The predicted octanol–water partition coefficient (Wildman–Crippen LogP) is 1.44. The Hall–Kier alpha value is -1.73. The summed E-state index contributed by atoms with van der Waals surface area (Å²) in [6.45, 7) is 7.73. The first-order valence-corrected chi connectivity index (χ1v) is 7.58. The third-order valence-electron chi connectivity index (χ3n) is 3.67. The number of hydrogen-bond donors (Lipinski definition) is 1. The fourth-order valence-corrected chi connectivity index (χ4v) is 2.39. The third kappa shape index (κ3) is 5.14. The number of aromatic nitrogens is 1. The second-order valence-corrected chi connectivity index (χ2v) is 5.08. The molecule has 1 aromatic heterocycles. The minimum Gasteiger partial charge on any atom is -0.462 e. The first-order chi connectivity index (χ1) is 10.6. The number of piperazine rings is 1. The first-order valence-electron chi connectivity index (χ1n) is 7.58. The van der Waals surface area contributed by atoms with Crippen molar-refractivity contribution >= 4 is 24.5 Å². The predicted molar refractivity (Wildman–Crippen MR) is 88.2 cm³/mol. The van der Waals surface area contributed by atoms with Crippen LogP contribution in [0.2, 0.25) is 0 Å². The smallest absolute Gasteiger partial charge is 0.409 e. The summed E-state index contributed by atoms with van der Waals surface area (Å²) < 4.78 is 12.2. The van der Waals surface area contributed by atoms with Gasteiger partial charge in [0.15, 0.2) is 0 Å². The maximum atomic E-state index is 11.9. The van der Waals surface area contributed by atoms with E-state index in [1.807, 2.05) is 11.5 Å². The highest BCUT2D eigenvalue weighted by Gasteiger charge is 2.18. The number of nitrogens with zero attached hydrogens (tertiary/aromatic N) is 2. The van der Waals surface area contributed by atoms with E-state index < -0.39 is 0 Å². The molecule has 1 amide bonds. The van der Waals surface area contributed by atoms with E-state index in [0.29, 0.717) is 31.8 Å². The summed E-state index contributed by atoms with van der Waals surface area (Å²) in [6, 6.07) is 1.73. The molecule has 1 aliphatic rings. The largest absolute Gasteiger partial charge is 0.462 e. The topological polar surface area (TPSA) is 72.8 Å². The highest BCUT2D eigenvalue weighted by molar-refractivity contribution is 5.90. The molecule has 0 spiro atoms. The molecule has 1 N–H and O–H groups in total. The molecule has 0 aliphatic carbocycles. The number of esters is 1. The monoisotopic (exact) mass is 345 g/mol. The average molecular weight is 346 g/mol. The van der Waals surface area contributed by atoms with Gasteiger partial charge < -0.3 is 24.3 Å². The van der Waals surface area contributed by atoms with Gasteiger partial charge in [0.05, 0.1) is 18.7 Å². The summed E-state index contributed by atoms with van der Waals surface area (Å²) in [7, 11) is 0. The van der Waals surface area contributed by atoms with E-state index in [1.165, 1.54) is 0 Å². The van der Waals surface area contributed by atoms with Crippen LogP contribution < -0.4 is 5.32 Å². The van der Waals surface area contributed by atoms with Gasteiger partial charge in [0, 0.05) is 38.1 Å². The van der Waals surface area contributed by atoms with Crippen molar-refractivity contribution in [2.45, 2.75) is 20.4 Å². The van der Waals surface area contributed by atoms with Crippen molar-refractivity contribution in [3.05, 3.63) is 23.5 Å². The second kappa shape index (κ2) is 9.42. The van der Waals surface area contributed by atoms with Crippen LogP contribution in [0, 0.1) is 6.92 Å². The first kappa shape index (κ1) is 19.3. The average Bonchev–Trinajstić information content (AvgIpc) is 2.89. The Morgan fingerprint density at radius 1 is 1.26 bits per heavy atom. The lowest BCUT2D eigenvalue weighted by Crippen LogP contribution is -2.46. The van der Waals surface area contributed by atoms with Crippen LogP contribution >= 0.6 is 12.4 Å². The van der Waals surface area contributed by atoms with Crippen LogP contribution in [0.5, 0.6) is 0 Å². The number of hydrogen-bond acceptors (Lipinski definition) is 5. The molecule has 0 unspecified atom stereocenters. The van der Waals surface area contributed by atoms with Crippen molar-refractivity contribution in [1.29, 1.82) is 0 Å². The van der Waals surface area contributed by atoms with Crippen molar-refractivity contribution in [1.82, 2.24) is 14.8 Å². The van der Waals surface area contributed by atoms with Crippen molar-refractivity contribution in [3.63, 3.8) is 0 Å². The summed E-state index contributed by atoms with van der Waals surface area (Å²) in [4.78, 5) is 25.3. The van der Waals surface area contributed by atoms with Gasteiger partial charge >= 0.3 is 12.1 Å². The number of nitrogens with one attached hydrogen (secondary N) is 1. The highest BCUT2D eigenvalue weighted by Crippen LogP contribution is 2.11. The van der Waals surface area contributed by atoms with Crippen LogP contribution in [-0.4, -0.2) is 60.9 Å². The molecule has 2 rings (SSSR count). The van der Waals surface area contributed by atoms with E-state index in [0.717, 1.165) is 18.8 Å². The molecule has 1 aromatic rings. The zero-order valence-corrected chi connectivity index (χ0v) is 14.4. The fourth-order valence-electron chi connectivity index (χ4n) is 2.39. The van der Waals surface area contributed by atoms with E-state index in [9.17, 15) is 9.59 Å². The van der Waals surface area contributed by atoms with Gasteiger partial charge in [-0.2, -0.15) is 0 Å². The summed E-state index contributed by atoms with van der Waals surface area (Å²) >= 11 is 0. The Kier molecular flexibility index (Phi) is 7.91. The minimum absolute atomic E-state index is 0. The number of amides is 1. The van der Waals surface area contributed by atoms with Gasteiger partial charge in [-0.15, -0.1) is 12.4 Å². The Morgan fingerprint density at radius 3 is 2.61 bits per heavy atom. The highest BCUT2D eigenvalue weighted by atomic mass is 35.5. The number of carbonyl (C=O) groups is 2. The maximum Gasteiger partial charge on any atom is 0.409 e. The molecule has 0 atom stereocenters. The van der Waals surface area contributed by atoms with Gasteiger partial charge in [0.25, 0.3) is 0 Å². The molecule has 1 fully saturated rings. The number of rotatable bonds is 5. The van der Waals surface area contributed by atoms with Crippen LogP contribution in [0.15, 0.2) is 12.3 Å². The molecule has 1 aliphatic heterocycles. The molecule has 0 radical (unpaired) electrons. The van der Waals surface area contributed by atoms with Gasteiger partial charge in [-0.1, -0.05) is 0 Å². The van der Waals surface area contributed by atoms with E-state index in [4.69, 9.17) is 9.47 Å². The number of ether oxygens (including phenoxy) is 2. The molecule has 0 saturated carbocycles. The third-order valence-corrected chi connectivity index (χ3v) is 3.67. The van der Waals surface area contributed by atoms with Gasteiger partial charge in [-0.3, -0.25) is 0 Å². The van der Waals surface area contributed by atoms with Crippen molar-refractivity contribution in [2.24, 2.45) is 0 Å². The van der Waals surface area contributed by atoms with Gasteiger partial charge in [-0.25, -0.2) is 9.59 Å². The standard InChI is InChI=1S/C15H23N3O4.ClH/c1-3-21-14(19)13-4-7-17(12(13)2)10-11-22-15(20)18-8-5-16-6-9-18;/h4,7,16H,3,5-6,8-11H2,1-2H3;1H. The second-order valence-electron chi connectivity index (χ2n) is 5.08. The SMILES string of the molecule is CCOC(=O)c1ccn(CCOC(=O)N2CCNCC2)c1C.Cl. The number of halogens is 1. The molecule has 23 heavy (non-hydrogen) atoms. The van der Waals surface area contributed by atoms with Crippen LogP contribution in [0.1, 0.15) is 23.0 Å². The van der Waals surface area contributed by atoms with E-state index >= 15 is 0 Å². The van der Waals surface area contributed by atoms with Crippen LogP contribution in [0.3, 0.4) is 0 Å². The molecule has 0 bridgehead atoms. The normalized spacial score (nSPS) is 14.1. The van der Waals surface area contributed by atoms with Crippen molar-refractivity contribution < 1.29 is 19.1 Å².